The molecule has 206 valence electrons. The third kappa shape index (κ3) is 5.98. The first kappa shape index (κ1) is 27.7. The molecule has 2 aromatic heterocycles. The molecule has 2 aromatic carbocycles. The number of amides is 2. The fraction of sp³-hybridized carbons (Fsp3) is 0.281. The number of nitrogens with one attached hydrogen (secondary N) is 1. The number of hydrogen-bond donors (Lipinski definition) is 1. The minimum atomic E-state index is -0.465. The summed E-state index contributed by atoms with van der Waals surface area (Å²) in [7, 11) is 0. The lowest BCUT2D eigenvalue weighted by atomic mass is 10.1. The molecule has 6 nitrogen and oxygen atoms in total. The third-order valence-corrected chi connectivity index (χ3v) is 8.05. The molecule has 8 heteroatoms. The van der Waals surface area contributed by atoms with E-state index in [2.05, 4.69) is 10.3 Å². The van der Waals surface area contributed by atoms with E-state index in [-0.39, 0.29) is 23.6 Å². The monoisotopic (exact) mass is 557 g/mol. The maximum atomic E-state index is 14.3. The van der Waals surface area contributed by atoms with Gasteiger partial charge in [0.05, 0.1) is 22.4 Å². The number of halogens is 1. The number of aryl methyl sites for hydroxylation is 2. The largest absolute Gasteiger partial charge is 0.379 e. The van der Waals surface area contributed by atoms with Crippen LogP contribution in [0.15, 0.2) is 66.7 Å². The van der Waals surface area contributed by atoms with Crippen molar-refractivity contribution < 1.29 is 18.7 Å². The lowest BCUT2D eigenvalue weighted by Crippen LogP contribution is -2.33. The van der Waals surface area contributed by atoms with E-state index in [1.807, 2.05) is 56.3 Å². The average molecular weight is 558 g/mol. The Bertz CT molecular complexity index is 1530. The van der Waals surface area contributed by atoms with E-state index in [9.17, 15) is 14.0 Å². The van der Waals surface area contributed by atoms with Gasteiger partial charge in [-0.1, -0.05) is 36.4 Å². The summed E-state index contributed by atoms with van der Waals surface area (Å²) in [6.07, 6.45) is 2.33. The number of benzene rings is 2. The molecule has 0 saturated carbocycles. The number of nitrogens with zero attached hydrogens (tertiary/aromatic N) is 2. The first-order valence-electron chi connectivity index (χ1n) is 13.5. The van der Waals surface area contributed by atoms with Gasteiger partial charge in [-0.15, -0.1) is 11.3 Å². The SMILES string of the molecule is Cc1cccc(F)c1NC(=O)c1cc2c(s1)-c1ccccc1N(C(=O)c1cccc(CCCOC(C)C)n1)CC2. The van der Waals surface area contributed by atoms with E-state index in [4.69, 9.17) is 4.74 Å². The molecule has 5 rings (SSSR count). The third-order valence-electron chi connectivity index (χ3n) is 6.84. The zero-order chi connectivity index (χ0) is 28.2. The highest BCUT2D eigenvalue weighted by Gasteiger charge is 2.28. The van der Waals surface area contributed by atoms with Gasteiger partial charge in [0.1, 0.15) is 11.5 Å². The van der Waals surface area contributed by atoms with Crippen LogP contribution in [0.5, 0.6) is 0 Å². The van der Waals surface area contributed by atoms with Crippen LogP contribution in [-0.2, 0) is 17.6 Å². The lowest BCUT2D eigenvalue weighted by molar-refractivity contribution is 0.0770. The topological polar surface area (TPSA) is 71.5 Å². The van der Waals surface area contributed by atoms with Crippen molar-refractivity contribution >= 4 is 34.5 Å². The fourth-order valence-electron chi connectivity index (χ4n) is 4.83. The summed E-state index contributed by atoms with van der Waals surface area (Å²) in [5.41, 5.74) is 4.76. The van der Waals surface area contributed by atoms with Gasteiger partial charge in [-0.25, -0.2) is 9.37 Å². The first-order valence-corrected chi connectivity index (χ1v) is 14.3. The summed E-state index contributed by atoms with van der Waals surface area (Å²) in [5.74, 6) is -0.972. The van der Waals surface area contributed by atoms with Crippen molar-refractivity contribution in [1.29, 1.82) is 0 Å². The van der Waals surface area contributed by atoms with Gasteiger partial charge < -0.3 is 15.0 Å². The van der Waals surface area contributed by atoms with Crippen LogP contribution in [0.2, 0.25) is 0 Å². The number of fused-ring (bicyclic) bond motifs is 3. The zero-order valence-corrected chi connectivity index (χ0v) is 23.7. The van der Waals surface area contributed by atoms with Gasteiger partial charge in [0, 0.05) is 29.3 Å². The molecule has 0 atom stereocenters. The molecule has 0 fully saturated rings. The van der Waals surface area contributed by atoms with Gasteiger partial charge in [-0.05, 0) is 81.5 Å². The average Bonchev–Trinajstić information content (AvgIpc) is 3.31. The second-order valence-electron chi connectivity index (χ2n) is 10.1. The number of anilines is 2. The lowest BCUT2D eigenvalue weighted by Gasteiger charge is -2.23. The van der Waals surface area contributed by atoms with Crippen molar-refractivity contribution in [3.05, 3.63) is 99.9 Å². The molecule has 4 aromatic rings. The van der Waals surface area contributed by atoms with Gasteiger partial charge in [0.2, 0.25) is 0 Å². The Balaban J connectivity index is 1.38. The van der Waals surface area contributed by atoms with Crippen molar-refractivity contribution in [2.45, 2.75) is 46.1 Å². The highest BCUT2D eigenvalue weighted by Crippen LogP contribution is 2.42. The van der Waals surface area contributed by atoms with Crippen LogP contribution in [0, 0.1) is 12.7 Å². The molecule has 1 aliphatic rings. The molecular formula is C32H32FN3O3S. The molecule has 40 heavy (non-hydrogen) atoms. The van der Waals surface area contributed by atoms with E-state index in [1.165, 1.54) is 17.4 Å². The summed E-state index contributed by atoms with van der Waals surface area (Å²) in [5, 5.41) is 2.74. The summed E-state index contributed by atoms with van der Waals surface area (Å²) in [6.45, 7) is 6.88. The number of thiophene rings is 1. The Labute approximate surface area is 237 Å². The Kier molecular flexibility index (Phi) is 8.38. The molecule has 0 saturated heterocycles. The van der Waals surface area contributed by atoms with Crippen LogP contribution >= 0.6 is 11.3 Å². The molecule has 0 bridgehead atoms. The van der Waals surface area contributed by atoms with Crippen LogP contribution in [0.3, 0.4) is 0 Å². The Morgan fingerprint density at radius 2 is 1.90 bits per heavy atom. The van der Waals surface area contributed by atoms with E-state index < -0.39 is 5.82 Å². The van der Waals surface area contributed by atoms with Crippen molar-refractivity contribution in [1.82, 2.24) is 4.98 Å². The fourth-order valence-corrected chi connectivity index (χ4v) is 5.97. The summed E-state index contributed by atoms with van der Waals surface area (Å²) in [6, 6.07) is 19.9. The van der Waals surface area contributed by atoms with Gasteiger partial charge in [-0.3, -0.25) is 9.59 Å². The minimum absolute atomic E-state index is 0.157. The number of ether oxygens (including phenoxy) is 1. The highest BCUT2D eigenvalue weighted by molar-refractivity contribution is 7.17. The van der Waals surface area contributed by atoms with Crippen molar-refractivity contribution in [2.75, 3.05) is 23.4 Å². The number of para-hydroxylation sites is 2. The van der Waals surface area contributed by atoms with Crippen molar-refractivity contribution in [3.8, 4) is 10.4 Å². The van der Waals surface area contributed by atoms with Crippen LogP contribution in [0.1, 0.15) is 57.2 Å². The van der Waals surface area contributed by atoms with E-state index in [0.717, 1.165) is 40.2 Å². The number of carbonyl (C=O) groups excluding carboxylic acids is 2. The highest BCUT2D eigenvalue weighted by atomic mass is 32.1. The van der Waals surface area contributed by atoms with Gasteiger partial charge in [-0.2, -0.15) is 0 Å². The number of carbonyl (C=O) groups is 2. The normalized spacial score (nSPS) is 12.6. The zero-order valence-electron chi connectivity index (χ0n) is 22.9. The Morgan fingerprint density at radius 1 is 1.10 bits per heavy atom. The van der Waals surface area contributed by atoms with Crippen LogP contribution in [0.4, 0.5) is 15.8 Å². The molecule has 0 radical (unpaired) electrons. The van der Waals surface area contributed by atoms with E-state index in [0.29, 0.717) is 35.7 Å². The molecular weight excluding hydrogens is 525 g/mol. The number of rotatable bonds is 8. The first-order chi connectivity index (χ1) is 19.3. The number of hydrogen-bond acceptors (Lipinski definition) is 5. The van der Waals surface area contributed by atoms with E-state index in [1.54, 1.807) is 30.0 Å². The smallest absolute Gasteiger partial charge is 0.276 e. The summed E-state index contributed by atoms with van der Waals surface area (Å²) in [4.78, 5) is 34.7. The molecule has 2 amide bonds. The van der Waals surface area contributed by atoms with E-state index >= 15 is 0 Å². The molecule has 0 aliphatic carbocycles. The minimum Gasteiger partial charge on any atom is -0.379 e. The second-order valence-corrected chi connectivity index (χ2v) is 11.2. The second kappa shape index (κ2) is 12.1. The summed E-state index contributed by atoms with van der Waals surface area (Å²) < 4.78 is 20.0. The number of aromatic nitrogens is 1. The summed E-state index contributed by atoms with van der Waals surface area (Å²) >= 11 is 1.36. The molecule has 0 spiro atoms. The maximum Gasteiger partial charge on any atom is 0.276 e. The molecule has 0 unspecified atom stereocenters. The van der Waals surface area contributed by atoms with Gasteiger partial charge in [0.15, 0.2) is 0 Å². The predicted molar refractivity (Wildman–Crippen MR) is 158 cm³/mol. The Morgan fingerprint density at radius 3 is 2.70 bits per heavy atom. The molecule has 1 aliphatic heterocycles. The standard InChI is InChI=1S/C32H32FN3O3S/c1-20(2)39-18-8-11-23-10-7-14-26(34-23)32(38)36-17-16-22-19-28(40-30(22)24-12-4-5-15-27(24)36)31(37)35-29-21(3)9-6-13-25(29)33/h4-7,9-10,12-15,19-20H,8,11,16-18H2,1-3H3,(H,35,37). The van der Waals surface area contributed by atoms with Crippen LogP contribution in [0.25, 0.3) is 10.4 Å². The van der Waals surface area contributed by atoms with Gasteiger partial charge >= 0.3 is 0 Å². The quantitative estimate of drug-likeness (QED) is 0.235. The van der Waals surface area contributed by atoms with Gasteiger partial charge in [0.25, 0.3) is 11.8 Å². The van der Waals surface area contributed by atoms with Crippen LogP contribution < -0.4 is 10.2 Å². The Hall–Kier alpha value is -3.88. The van der Waals surface area contributed by atoms with Crippen molar-refractivity contribution in [3.63, 3.8) is 0 Å². The van der Waals surface area contributed by atoms with Crippen molar-refractivity contribution in [2.24, 2.45) is 0 Å². The van der Waals surface area contributed by atoms with Crippen LogP contribution in [-0.4, -0.2) is 36.1 Å². The number of pyridine rings is 1. The molecule has 1 N–H and O–H groups in total. The molecule has 3 heterocycles. The predicted octanol–water partition coefficient (Wildman–Crippen LogP) is 7.07. The maximum absolute atomic E-state index is 14.3.